The van der Waals surface area contributed by atoms with Crippen LogP contribution in [0.2, 0.25) is 0 Å². The first kappa shape index (κ1) is 22.1. The second kappa shape index (κ2) is 8.67. The minimum absolute atomic E-state index is 0.116. The Labute approximate surface area is 213 Å². The molecular formula is C30H19N7. The van der Waals surface area contributed by atoms with Gasteiger partial charge in [-0.25, -0.2) is 19.9 Å². The van der Waals surface area contributed by atoms with Crippen LogP contribution in [0.1, 0.15) is 22.8 Å². The molecule has 0 aliphatic carbocycles. The Morgan fingerprint density at radius 3 is 1.62 bits per heavy atom. The molecule has 0 fully saturated rings. The van der Waals surface area contributed by atoms with Gasteiger partial charge in [-0.2, -0.15) is 10.5 Å². The quantitative estimate of drug-likeness (QED) is 0.307. The maximum atomic E-state index is 9.21. The normalized spacial score (nSPS) is 10.9. The fourth-order valence-corrected chi connectivity index (χ4v) is 4.70. The van der Waals surface area contributed by atoms with Crippen LogP contribution in [0.4, 0.5) is 0 Å². The molecule has 0 unspecified atom stereocenters. The number of aromatic nitrogens is 5. The van der Waals surface area contributed by atoms with E-state index in [0.29, 0.717) is 0 Å². The van der Waals surface area contributed by atoms with E-state index < -0.39 is 0 Å². The summed E-state index contributed by atoms with van der Waals surface area (Å²) in [7, 11) is 0. The van der Waals surface area contributed by atoms with Gasteiger partial charge >= 0.3 is 0 Å². The van der Waals surface area contributed by atoms with Crippen LogP contribution in [0.3, 0.4) is 0 Å². The van der Waals surface area contributed by atoms with Crippen molar-refractivity contribution in [1.29, 1.82) is 10.5 Å². The first-order chi connectivity index (χ1) is 18.1. The summed E-state index contributed by atoms with van der Waals surface area (Å²) in [4.78, 5) is 16.7. The van der Waals surface area contributed by atoms with Gasteiger partial charge in [-0.05, 0) is 54.8 Å². The Morgan fingerprint density at radius 1 is 0.595 bits per heavy atom. The van der Waals surface area contributed by atoms with Gasteiger partial charge < -0.3 is 4.57 Å². The fraction of sp³-hybridized carbons (Fsp3) is 0.0667. The lowest BCUT2D eigenvalue weighted by atomic mass is 10.00. The number of hydrogen-bond donors (Lipinski definition) is 0. The number of nitriles is 2. The summed E-state index contributed by atoms with van der Waals surface area (Å²) in [6.07, 6.45) is 6.64. The van der Waals surface area contributed by atoms with E-state index in [1.54, 1.807) is 24.8 Å². The number of aryl methyl sites for hydroxylation is 2. The number of fused-ring (bicyclic) bond motifs is 3. The zero-order valence-corrected chi connectivity index (χ0v) is 20.1. The van der Waals surface area contributed by atoms with Gasteiger partial charge in [0, 0.05) is 52.3 Å². The molecule has 0 saturated carbocycles. The summed E-state index contributed by atoms with van der Waals surface area (Å²) >= 11 is 0. The second-order valence-corrected chi connectivity index (χ2v) is 8.92. The van der Waals surface area contributed by atoms with Gasteiger partial charge in [-0.15, -0.1) is 0 Å². The van der Waals surface area contributed by atoms with Gasteiger partial charge in [-0.3, -0.25) is 0 Å². The SMILES string of the molecule is Cc1ccc2c3ccc(C)cc3n(-c3ccc(-c4cnc(C#N)nc4)cc3-c3cnc(C#N)nc3)c2c1. The second-order valence-electron chi connectivity index (χ2n) is 8.92. The summed E-state index contributed by atoms with van der Waals surface area (Å²) in [5.74, 6) is 0.238. The zero-order valence-electron chi connectivity index (χ0n) is 20.1. The van der Waals surface area contributed by atoms with Gasteiger partial charge in [0.25, 0.3) is 0 Å². The third-order valence-electron chi connectivity index (χ3n) is 6.46. The molecule has 0 saturated heterocycles. The molecule has 3 aromatic heterocycles. The van der Waals surface area contributed by atoms with Crippen molar-refractivity contribution < 1.29 is 0 Å². The topological polar surface area (TPSA) is 104 Å². The van der Waals surface area contributed by atoms with E-state index in [4.69, 9.17) is 5.26 Å². The van der Waals surface area contributed by atoms with Crippen molar-refractivity contribution >= 4 is 21.8 Å². The lowest BCUT2D eigenvalue weighted by molar-refractivity contribution is 1.11. The molecule has 37 heavy (non-hydrogen) atoms. The van der Waals surface area contributed by atoms with E-state index in [0.717, 1.165) is 39.0 Å². The average molecular weight is 478 g/mol. The molecule has 0 atom stereocenters. The maximum Gasteiger partial charge on any atom is 0.232 e. The fourth-order valence-electron chi connectivity index (χ4n) is 4.70. The van der Waals surface area contributed by atoms with Crippen LogP contribution < -0.4 is 0 Å². The Hall–Kier alpha value is -5.40. The molecule has 0 bridgehead atoms. The molecule has 0 aliphatic heterocycles. The number of benzene rings is 3. The highest BCUT2D eigenvalue weighted by molar-refractivity contribution is 6.10. The molecule has 6 aromatic rings. The summed E-state index contributed by atoms with van der Waals surface area (Å²) in [5, 5.41) is 20.6. The summed E-state index contributed by atoms with van der Waals surface area (Å²) in [6, 6.07) is 23.1. The van der Waals surface area contributed by atoms with Crippen molar-refractivity contribution in [2.45, 2.75) is 13.8 Å². The third-order valence-corrected chi connectivity index (χ3v) is 6.46. The Kier molecular flexibility index (Phi) is 5.18. The van der Waals surface area contributed by atoms with E-state index >= 15 is 0 Å². The molecule has 3 heterocycles. The van der Waals surface area contributed by atoms with Gasteiger partial charge in [0.2, 0.25) is 11.6 Å². The van der Waals surface area contributed by atoms with Crippen LogP contribution in [0.15, 0.2) is 79.4 Å². The van der Waals surface area contributed by atoms with Crippen molar-refractivity contribution in [3.8, 4) is 40.1 Å². The number of hydrogen-bond acceptors (Lipinski definition) is 6. The van der Waals surface area contributed by atoms with Crippen LogP contribution in [0.5, 0.6) is 0 Å². The van der Waals surface area contributed by atoms with Crippen molar-refractivity contribution in [2.75, 3.05) is 0 Å². The summed E-state index contributed by atoms with van der Waals surface area (Å²) < 4.78 is 2.28. The minimum atomic E-state index is 0.116. The number of nitrogens with zero attached hydrogens (tertiary/aromatic N) is 7. The first-order valence-corrected chi connectivity index (χ1v) is 11.7. The van der Waals surface area contributed by atoms with Crippen LogP contribution in [0, 0.1) is 36.5 Å². The number of rotatable bonds is 3. The molecule has 7 heteroatoms. The molecule has 174 valence electrons. The van der Waals surface area contributed by atoms with E-state index in [1.165, 1.54) is 21.9 Å². The largest absolute Gasteiger partial charge is 0.309 e. The van der Waals surface area contributed by atoms with E-state index in [2.05, 4.69) is 80.8 Å². The molecule has 0 aliphatic rings. The van der Waals surface area contributed by atoms with E-state index in [-0.39, 0.29) is 11.6 Å². The van der Waals surface area contributed by atoms with Gasteiger partial charge in [0.15, 0.2) is 0 Å². The highest BCUT2D eigenvalue weighted by Gasteiger charge is 2.18. The molecule has 6 rings (SSSR count). The van der Waals surface area contributed by atoms with Crippen molar-refractivity contribution in [3.05, 3.63) is 102 Å². The van der Waals surface area contributed by atoms with E-state index in [9.17, 15) is 5.26 Å². The Bertz CT molecular complexity index is 1840. The standard InChI is InChI=1S/C30H19N7/c1-18-3-6-23-24-7-4-19(2)10-28(24)37(27(23)9-18)26-8-5-20(21-14-33-29(12-31)34-15-21)11-25(26)22-16-35-30(13-32)36-17-22/h3-11,14-17H,1-2H3. The molecule has 3 aromatic carbocycles. The Balaban J connectivity index is 1.67. The van der Waals surface area contributed by atoms with Crippen LogP contribution in [-0.2, 0) is 0 Å². The zero-order chi connectivity index (χ0) is 25.5. The minimum Gasteiger partial charge on any atom is -0.309 e. The van der Waals surface area contributed by atoms with Crippen molar-refractivity contribution in [3.63, 3.8) is 0 Å². The van der Waals surface area contributed by atoms with E-state index in [1.807, 2.05) is 24.3 Å². The van der Waals surface area contributed by atoms with Crippen molar-refractivity contribution in [1.82, 2.24) is 24.5 Å². The molecule has 0 amide bonds. The highest BCUT2D eigenvalue weighted by atomic mass is 15.0. The lowest BCUT2D eigenvalue weighted by Gasteiger charge is -2.16. The monoisotopic (exact) mass is 477 g/mol. The van der Waals surface area contributed by atoms with Gasteiger partial charge in [0.1, 0.15) is 12.1 Å². The van der Waals surface area contributed by atoms with Crippen LogP contribution in [-0.4, -0.2) is 24.5 Å². The van der Waals surface area contributed by atoms with Gasteiger partial charge in [0.05, 0.1) is 16.7 Å². The first-order valence-electron chi connectivity index (χ1n) is 11.7. The Morgan fingerprint density at radius 2 is 1.11 bits per heavy atom. The summed E-state index contributed by atoms with van der Waals surface area (Å²) in [5.41, 5.74) is 8.86. The van der Waals surface area contributed by atoms with Crippen LogP contribution >= 0.6 is 0 Å². The summed E-state index contributed by atoms with van der Waals surface area (Å²) in [6.45, 7) is 4.19. The molecule has 0 spiro atoms. The lowest BCUT2D eigenvalue weighted by Crippen LogP contribution is -2.00. The maximum absolute atomic E-state index is 9.21. The predicted molar refractivity (Wildman–Crippen MR) is 142 cm³/mol. The molecule has 7 nitrogen and oxygen atoms in total. The predicted octanol–water partition coefficient (Wildman–Crippen LogP) is 6.06. The average Bonchev–Trinajstić information content (AvgIpc) is 3.25. The van der Waals surface area contributed by atoms with Crippen LogP contribution in [0.25, 0.3) is 49.7 Å². The third kappa shape index (κ3) is 3.76. The smallest absolute Gasteiger partial charge is 0.232 e. The molecular weight excluding hydrogens is 458 g/mol. The van der Waals surface area contributed by atoms with Gasteiger partial charge in [-0.1, -0.05) is 30.3 Å². The highest BCUT2D eigenvalue weighted by Crippen LogP contribution is 2.38. The van der Waals surface area contributed by atoms with Crippen molar-refractivity contribution in [2.24, 2.45) is 0 Å². The molecule has 0 radical (unpaired) electrons. The molecule has 0 N–H and O–H groups in total.